The van der Waals surface area contributed by atoms with Crippen LogP contribution in [0.2, 0.25) is 0 Å². The van der Waals surface area contributed by atoms with Crippen molar-refractivity contribution >= 4 is 17.7 Å². The largest absolute Gasteiger partial charge is 0.496 e. The van der Waals surface area contributed by atoms with Crippen molar-refractivity contribution in [2.75, 3.05) is 46.5 Å². The third-order valence-electron chi connectivity index (χ3n) is 4.67. The lowest BCUT2D eigenvalue weighted by molar-refractivity contribution is 0.0372. The molecule has 1 saturated heterocycles. The van der Waals surface area contributed by atoms with Gasteiger partial charge in [-0.25, -0.2) is 4.39 Å². The van der Waals surface area contributed by atoms with Crippen molar-refractivity contribution < 1.29 is 18.7 Å². The first-order chi connectivity index (χ1) is 13.5. The molecule has 0 aliphatic carbocycles. The van der Waals surface area contributed by atoms with Crippen LogP contribution in [0.1, 0.15) is 17.3 Å². The van der Waals surface area contributed by atoms with Gasteiger partial charge in [0.2, 0.25) is 5.78 Å². The molecule has 1 aromatic carbocycles. The van der Waals surface area contributed by atoms with Gasteiger partial charge in [0, 0.05) is 37.9 Å². The van der Waals surface area contributed by atoms with E-state index in [2.05, 4.69) is 15.8 Å². The highest BCUT2D eigenvalue weighted by molar-refractivity contribution is 8.02. The molecule has 0 unspecified atom stereocenters. The van der Waals surface area contributed by atoms with Crippen molar-refractivity contribution in [3.63, 3.8) is 0 Å². The summed E-state index contributed by atoms with van der Waals surface area (Å²) in [7, 11) is 1.43. The van der Waals surface area contributed by atoms with E-state index in [0.29, 0.717) is 10.5 Å². The van der Waals surface area contributed by atoms with Crippen molar-refractivity contribution in [2.24, 2.45) is 0 Å². The van der Waals surface area contributed by atoms with Crippen LogP contribution in [0.3, 0.4) is 0 Å². The highest BCUT2D eigenvalue weighted by atomic mass is 32.2. The van der Waals surface area contributed by atoms with Gasteiger partial charge in [-0.1, -0.05) is 6.58 Å². The summed E-state index contributed by atoms with van der Waals surface area (Å²) in [6, 6.07) is 3.96. The number of rotatable bonds is 6. The minimum absolute atomic E-state index is 0.206. The van der Waals surface area contributed by atoms with E-state index in [1.165, 1.54) is 37.3 Å². The molecular weight excluding hydrogens is 379 g/mol. The molecule has 0 amide bonds. The van der Waals surface area contributed by atoms with E-state index in [4.69, 9.17) is 9.47 Å². The van der Waals surface area contributed by atoms with Gasteiger partial charge in [0.15, 0.2) is 0 Å². The minimum atomic E-state index is -0.440. The van der Waals surface area contributed by atoms with Crippen LogP contribution in [0.5, 0.6) is 5.75 Å². The Kier molecular flexibility index (Phi) is 6.93. The van der Waals surface area contributed by atoms with Crippen LogP contribution in [-0.4, -0.2) is 61.5 Å². The second-order valence-electron chi connectivity index (χ2n) is 6.69. The number of hydrogen-bond donors (Lipinski definition) is 0. The van der Waals surface area contributed by atoms with E-state index in [-0.39, 0.29) is 11.5 Å². The zero-order chi connectivity index (χ0) is 20.1. The predicted molar refractivity (Wildman–Crippen MR) is 110 cm³/mol. The molecule has 5 nitrogen and oxygen atoms in total. The molecule has 0 spiro atoms. The normalized spacial score (nSPS) is 18.4. The van der Waals surface area contributed by atoms with E-state index in [9.17, 15) is 9.18 Å². The smallest absolute Gasteiger partial charge is 0.204 e. The summed E-state index contributed by atoms with van der Waals surface area (Å²) < 4.78 is 26.2. The monoisotopic (exact) mass is 404 g/mol. The van der Waals surface area contributed by atoms with Crippen LogP contribution in [0.15, 0.2) is 53.1 Å². The fourth-order valence-electron chi connectivity index (χ4n) is 3.14. The number of halogens is 1. The van der Waals surface area contributed by atoms with Crippen LogP contribution in [-0.2, 0) is 4.74 Å². The summed E-state index contributed by atoms with van der Waals surface area (Å²) in [5.41, 5.74) is 2.12. The van der Waals surface area contributed by atoms with Crippen LogP contribution in [0.4, 0.5) is 4.39 Å². The Morgan fingerprint density at radius 3 is 2.75 bits per heavy atom. The van der Waals surface area contributed by atoms with Gasteiger partial charge < -0.3 is 13.8 Å². The maximum atomic E-state index is 13.5. The number of Topliss-reactive ketones (excluding diaryl/α,β-unsaturated/α-hetero) is 1. The fourth-order valence-corrected chi connectivity index (χ4v) is 4.14. The molecule has 2 aliphatic rings. The lowest BCUT2D eigenvalue weighted by Crippen LogP contribution is -2.40. The zero-order valence-corrected chi connectivity index (χ0v) is 17.1. The number of ketones is 1. The summed E-state index contributed by atoms with van der Waals surface area (Å²) in [6.45, 7) is 11.0. The molecule has 0 saturated carbocycles. The number of methoxy groups -OCH3 is 1. The molecule has 0 atom stereocenters. The van der Waals surface area contributed by atoms with Crippen LogP contribution in [0.25, 0.3) is 0 Å². The van der Waals surface area contributed by atoms with Crippen molar-refractivity contribution in [1.29, 1.82) is 0 Å². The zero-order valence-electron chi connectivity index (χ0n) is 16.2. The first-order valence-corrected chi connectivity index (χ1v) is 9.98. The van der Waals surface area contributed by atoms with Gasteiger partial charge >= 0.3 is 0 Å². The van der Waals surface area contributed by atoms with Gasteiger partial charge in [0.05, 0.1) is 30.8 Å². The maximum absolute atomic E-state index is 13.5. The summed E-state index contributed by atoms with van der Waals surface area (Å²) in [6.07, 6.45) is 3.74. The number of carbonyl (C=O) groups is 1. The molecule has 0 aromatic heterocycles. The summed E-state index contributed by atoms with van der Waals surface area (Å²) in [4.78, 5) is 16.0. The molecule has 150 valence electrons. The Hall–Kier alpha value is -2.09. The molecule has 1 fully saturated rings. The van der Waals surface area contributed by atoms with Gasteiger partial charge in [0.1, 0.15) is 11.6 Å². The number of hydrogen-bond acceptors (Lipinski definition) is 6. The van der Waals surface area contributed by atoms with Crippen LogP contribution < -0.4 is 4.74 Å². The Labute approximate surface area is 169 Å². The quantitative estimate of drug-likeness (QED) is 0.533. The average molecular weight is 405 g/mol. The molecule has 2 heterocycles. The lowest BCUT2D eigenvalue weighted by atomic mass is 10.1. The predicted octanol–water partition coefficient (Wildman–Crippen LogP) is 3.66. The number of ether oxygens (including phenoxy) is 2. The van der Waals surface area contributed by atoms with Crippen molar-refractivity contribution in [2.45, 2.75) is 6.92 Å². The number of benzene rings is 1. The van der Waals surface area contributed by atoms with Crippen LogP contribution >= 0.6 is 11.9 Å². The molecule has 0 radical (unpaired) electrons. The summed E-state index contributed by atoms with van der Waals surface area (Å²) >= 11 is 1.39. The van der Waals surface area contributed by atoms with Crippen molar-refractivity contribution in [1.82, 2.24) is 9.21 Å². The van der Waals surface area contributed by atoms with Gasteiger partial charge in [0.25, 0.3) is 0 Å². The Balaban J connectivity index is 1.77. The lowest BCUT2D eigenvalue weighted by Gasteiger charge is -2.30. The van der Waals surface area contributed by atoms with Crippen LogP contribution in [0, 0.1) is 5.82 Å². The third-order valence-corrected chi connectivity index (χ3v) is 5.86. The van der Waals surface area contributed by atoms with Gasteiger partial charge in [-0.2, -0.15) is 0 Å². The SMILES string of the molecule is C=C1C=C(C(=O)c2ccc(F)cc2OC)SN(CCN2CCOCC2)C(C)=C1. The van der Waals surface area contributed by atoms with Crippen molar-refractivity contribution in [3.8, 4) is 5.75 Å². The summed E-state index contributed by atoms with van der Waals surface area (Å²) in [5.74, 6) is -0.418. The third kappa shape index (κ3) is 5.04. The maximum Gasteiger partial charge on any atom is 0.204 e. The number of carbonyl (C=O) groups excluding carboxylic acids is 1. The average Bonchev–Trinajstić information content (AvgIpc) is 2.84. The number of morpholine rings is 1. The van der Waals surface area contributed by atoms with Gasteiger partial charge in [-0.3, -0.25) is 9.69 Å². The molecule has 0 bridgehead atoms. The highest BCUT2D eigenvalue weighted by Gasteiger charge is 2.24. The summed E-state index contributed by atoms with van der Waals surface area (Å²) in [5, 5.41) is 0. The molecular formula is C21H25FN2O3S. The van der Waals surface area contributed by atoms with E-state index < -0.39 is 5.82 Å². The van der Waals surface area contributed by atoms with Gasteiger partial charge in [-0.15, -0.1) is 0 Å². The molecule has 0 N–H and O–H groups in total. The molecule has 2 aliphatic heterocycles. The Morgan fingerprint density at radius 1 is 1.29 bits per heavy atom. The van der Waals surface area contributed by atoms with E-state index in [1.807, 2.05) is 13.0 Å². The minimum Gasteiger partial charge on any atom is -0.496 e. The van der Waals surface area contributed by atoms with E-state index in [0.717, 1.165) is 50.7 Å². The van der Waals surface area contributed by atoms with Gasteiger partial charge in [-0.05, 0) is 48.7 Å². The van der Waals surface area contributed by atoms with Crippen molar-refractivity contribution in [3.05, 3.63) is 64.5 Å². The Morgan fingerprint density at radius 2 is 2.04 bits per heavy atom. The van der Waals surface area contributed by atoms with E-state index in [1.54, 1.807) is 6.08 Å². The topological polar surface area (TPSA) is 42.0 Å². The molecule has 3 rings (SSSR count). The standard InChI is InChI=1S/C21H25FN2O3S/c1-15-12-16(2)24(7-6-23-8-10-27-11-9-23)28-20(13-15)21(25)18-5-4-17(22)14-19(18)26-3/h4-5,12-14H,1,6-11H2,2-3H3. The molecule has 1 aromatic rings. The molecule has 28 heavy (non-hydrogen) atoms. The number of allylic oxidation sites excluding steroid dienone is 5. The second-order valence-corrected chi connectivity index (χ2v) is 7.75. The van der Waals surface area contributed by atoms with E-state index >= 15 is 0 Å². The first-order valence-electron chi connectivity index (χ1n) is 9.20. The Bertz CT molecular complexity index is 816. The fraction of sp³-hybridized carbons (Fsp3) is 0.381. The highest BCUT2D eigenvalue weighted by Crippen LogP contribution is 2.34. The first kappa shape index (κ1) is 20.6. The number of nitrogens with zero attached hydrogens (tertiary/aromatic N) is 2. The molecule has 7 heteroatoms. The second kappa shape index (κ2) is 9.41.